The van der Waals surface area contributed by atoms with Crippen LogP contribution < -0.4 is 10.1 Å². The molecule has 1 N–H and O–H groups in total. The Kier molecular flexibility index (Phi) is 5.89. The van der Waals surface area contributed by atoms with Crippen molar-refractivity contribution in [1.29, 1.82) is 0 Å². The van der Waals surface area contributed by atoms with Crippen molar-refractivity contribution in [3.8, 4) is 5.75 Å². The number of ether oxygens (including phenoxy) is 2. The maximum Gasteiger partial charge on any atom is 0.337 e. The molecule has 2 aromatic rings. The molecule has 0 spiro atoms. The number of rotatable bonds is 6. The Morgan fingerprint density at radius 3 is 2.19 bits per heavy atom. The Morgan fingerprint density at radius 1 is 0.962 bits per heavy atom. The lowest BCUT2D eigenvalue weighted by Crippen LogP contribution is -2.32. The van der Waals surface area contributed by atoms with Gasteiger partial charge in [-0.05, 0) is 54.8 Å². The minimum atomic E-state index is -0.357. The van der Waals surface area contributed by atoms with Crippen molar-refractivity contribution in [1.82, 2.24) is 5.32 Å². The highest BCUT2D eigenvalue weighted by Crippen LogP contribution is 2.19. The molecule has 3 rings (SSSR count). The predicted octanol–water partition coefficient (Wildman–Crippen LogP) is 3.72. The van der Waals surface area contributed by atoms with Crippen molar-refractivity contribution < 1.29 is 19.1 Å². The van der Waals surface area contributed by atoms with Crippen molar-refractivity contribution >= 4 is 11.9 Å². The molecule has 0 atom stereocenters. The summed E-state index contributed by atoms with van der Waals surface area (Å²) < 4.78 is 10.4. The summed E-state index contributed by atoms with van der Waals surface area (Å²) in [4.78, 5) is 23.6. The fourth-order valence-corrected chi connectivity index (χ4v) is 3.06. The lowest BCUT2D eigenvalue weighted by molar-refractivity contribution is 0.0600. The van der Waals surface area contributed by atoms with Crippen molar-refractivity contribution in [2.24, 2.45) is 0 Å². The van der Waals surface area contributed by atoms with Crippen molar-refractivity contribution in [2.45, 2.75) is 38.3 Å². The van der Waals surface area contributed by atoms with E-state index >= 15 is 0 Å². The number of amides is 1. The van der Waals surface area contributed by atoms with Gasteiger partial charge in [0.05, 0.1) is 12.7 Å². The van der Waals surface area contributed by atoms with E-state index < -0.39 is 0 Å². The van der Waals surface area contributed by atoms with Crippen molar-refractivity contribution in [3.63, 3.8) is 0 Å². The third-order valence-electron chi connectivity index (χ3n) is 4.59. The summed E-state index contributed by atoms with van der Waals surface area (Å²) in [6.45, 7) is 0.384. The number of nitrogens with one attached hydrogen (secondary N) is 1. The van der Waals surface area contributed by atoms with Crippen molar-refractivity contribution in [2.75, 3.05) is 7.11 Å². The quantitative estimate of drug-likeness (QED) is 0.804. The SMILES string of the molecule is COC(=O)c1ccc(COc2ccc(C(=O)NC3CCCC3)cc2)cc1. The first-order chi connectivity index (χ1) is 12.7. The summed E-state index contributed by atoms with van der Waals surface area (Å²) in [6, 6.07) is 14.5. The third kappa shape index (κ3) is 4.63. The second-order valence-electron chi connectivity index (χ2n) is 6.46. The van der Waals surface area contributed by atoms with Crippen LogP contribution in [0.4, 0.5) is 0 Å². The molecule has 136 valence electrons. The van der Waals surface area contributed by atoms with Crippen LogP contribution in [0.25, 0.3) is 0 Å². The number of carbonyl (C=O) groups is 2. The molecule has 0 unspecified atom stereocenters. The molecule has 1 saturated carbocycles. The van der Waals surface area contributed by atoms with Gasteiger partial charge in [0, 0.05) is 11.6 Å². The van der Waals surface area contributed by atoms with E-state index in [1.165, 1.54) is 20.0 Å². The molecule has 1 amide bonds. The molecule has 0 radical (unpaired) electrons. The zero-order chi connectivity index (χ0) is 18.4. The maximum absolute atomic E-state index is 12.2. The Labute approximate surface area is 153 Å². The van der Waals surface area contributed by atoms with Crippen LogP contribution >= 0.6 is 0 Å². The van der Waals surface area contributed by atoms with Gasteiger partial charge in [-0.2, -0.15) is 0 Å². The maximum atomic E-state index is 12.2. The zero-order valence-electron chi connectivity index (χ0n) is 14.9. The molecule has 1 fully saturated rings. The topological polar surface area (TPSA) is 64.6 Å². The van der Waals surface area contributed by atoms with Gasteiger partial charge in [-0.25, -0.2) is 4.79 Å². The molecule has 0 bridgehead atoms. The zero-order valence-corrected chi connectivity index (χ0v) is 14.9. The number of methoxy groups -OCH3 is 1. The van der Waals surface area contributed by atoms with Gasteiger partial charge in [0.2, 0.25) is 0 Å². The van der Waals surface area contributed by atoms with E-state index in [1.807, 2.05) is 12.1 Å². The molecule has 5 heteroatoms. The predicted molar refractivity (Wildman–Crippen MR) is 98.3 cm³/mol. The minimum absolute atomic E-state index is 0.0261. The highest BCUT2D eigenvalue weighted by molar-refractivity contribution is 5.94. The van der Waals surface area contributed by atoms with Gasteiger partial charge >= 0.3 is 5.97 Å². The van der Waals surface area contributed by atoms with Crippen LogP contribution in [0.2, 0.25) is 0 Å². The first kappa shape index (κ1) is 18.0. The fraction of sp³-hybridized carbons (Fsp3) is 0.333. The average molecular weight is 353 g/mol. The highest BCUT2D eigenvalue weighted by atomic mass is 16.5. The van der Waals surface area contributed by atoms with Crippen LogP contribution in [0.5, 0.6) is 5.75 Å². The highest BCUT2D eigenvalue weighted by Gasteiger charge is 2.17. The standard InChI is InChI=1S/C21H23NO4/c1-25-21(24)17-8-6-15(7-9-17)14-26-19-12-10-16(11-13-19)20(23)22-18-4-2-3-5-18/h6-13,18H,2-5,14H2,1H3,(H,22,23). The molecule has 26 heavy (non-hydrogen) atoms. The van der Waals surface area contributed by atoms with E-state index in [0.29, 0.717) is 29.5 Å². The molecule has 0 heterocycles. The smallest absolute Gasteiger partial charge is 0.337 e. The average Bonchev–Trinajstić information content (AvgIpc) is 3.19. The van der Waals surface area contributed by atoms with Crippen LogP contribution in [-0.2, 0) is 11.3 Å². The van der Waals surface area contributed by atoms with Gasteiger partial charge in [-0.3, -0.25) is 4.79 Å². The van der Waals surface area contributed by atoms with E-state index in [1.54, 1.807) is 36.4 Å². The summed E-state index contributed by atoms with van der Waals surface area (Å²) in [6.07, 6.45) is 4.53. The van der Waals surface area contributed by atoms with Gasteiger partial charge in [0.15, 0.2) is 0 Å². The van der Waals surface area contributed by atoms with Crippen LogP contribution in [0.15, 0.2) is 48.5 Å². The van der Waals surface area contributed by atoms with Crippen LogP contribution in [0, 0.1) is 0 Å². The summed E-state index contributed by atoms with van der Waals surface area (Å²) in [5.41, 5.74) is 2.10. The van der Waals surface area contributed by atoms with E-state index in [2.05, 4.69) is 10.1 Å². The Morgan fingerprint density at radius 2 is 1.58 bits per heavy atom. The first-order valence-corrected chi connectivity index (χ1v) is 8.86. The molecule has 0 aromatic heterocycles. The van der Waals surface area contributed by atoms with E-state index in [4.69, 9.17) is 4.74 Å². The molecule has 1 aliphatic rings. The molecule has 5 nitrogen and oxygen atoms in total. The Bertz CT molecular complexity index is 747. The Hall–Kier alpha value is -2.82. The number of carbonyl (C=O) groups excluding carboxylic acids is 2. The lowest BCUT2D eigenvalue weighted by atomic mass is 10.1. The molecule has 0 saturated heterocycles. The largest absolute Gasteiger partial charge is 0.489 e. The van der Waals surface area contributed by atoms with Gasteiger partial charge in [-0.1, -0.05) is 25.0 Å². The summed E-state index contributed by atoms with van der Waals surface area (Å²) in [5, 5.41) is 3.07. The van der Waals surface area contributed by atoms with E-state index in [-0.39, 0.29) is 11.9 Å². The van der Waals surface area contributed by atoms with Gasteiger partial charge in [-0.15, -0.1) is 0 Å². The molecule has 0 aliphatic heterocycles. The summed E-state index contributed by atoms with van der Waals surface area (Å²) >= 11 is 0. The van der Waals surface area contributed by atoms with Crippen LogP contribution in [0.3, 0.4) is 0 Å². The molecule has 2 aromatic carbocycles. The first-order valence-electron chi connectivity index (χ1n) is 8.86. The monoisotopic (exact) mass is 353 g/mol. The Balaban J connectivity index is 1.52. The normalized spacial score (nSPS) is 14.0. The third-order valence-corrected chi connectivity index (χ3v) is 4.59. The molecular formula is C21H23NO4. The summed E-state index contributed by atoms with van der Waals surface area (Å²) in [7, 11) is 1.36. The number of esters is 1. The van der Waals surface area contributed by atoms with Gasteiger partial charge in [0.25, 0.3) is 5.91 Å². The van der Waals surface area contributed by atoms with Crippen LogP contribution in [-0.4, -0.2) is 25.0 Å². The second kappa shape index (κ2) is 8.52. The van der Waals surface area contributed by atoms with Crippen molar-refractivity contribution in [3.05, 3.63) is 65.2 Å². The summed E-state index contributed by atoms with van der Waals surface area (Å²) in [5.74, 6) is 0.310. The fourth-order valence-electron chi connectivity index (χ4n) is 3.06. The van der Waals surface area contributed by atoms with E-state index in [0.717, 1.165) is 18.4 Å². The van der Waals surface area contributed by atoms with Gasteiger partial charge in [0.1, 0.15) is 12.4 Å². The van der Waals surface area contributed by atoms with Gasteiger partial charge < -0.3 is 14.8 Å². The second-order valence-corrected chi connectivity index (χ2v) is 6.46. The number of benzene rings is 2. The number of hydrogen-bond acceptors (Lipinski definition) is 4. The lowest BCUT2D eigenvalue weighted by Gasteiger charge is -2.12. The minimum Gasteiger partial charge on any atom is -0.489 e. The van der Waals surface area contributed by atoms with E-state index in [9.17, 15) is 9.59 Å². The number of hydrogen-bond donors (Lipinski definition) is 1. The molecular weight excluding hydrogens is 330 g/mol. The molecule has 1 aliphatic carbocycles. The van der Waals surface area contributed by atoms with Crippen LogP contribution in [0.1, 0.15) is 52.0 Å².